The molecule has 6 heavy (non-hydrogen) atoms. The van der Waals surface area contributed by atoms with Gasteiger partial charge in [0, 0.05) is 6.42 Å². The summed E-state index contributed by atoms with van der Waals surface area (Å²) in [5.41, 5.74) is 9.74. The van der Waals surface area contributed by atoms with Crippen LogP contribution in [0.3, 0.4) is 0 Å². The quantitative estimate of drug-likeness (QED) is 0.360. The van der Waals surface area contributed by atoms with Gasteiger partial charge in [-0.2, -0.15) is 0 Å². The predicted octanol–water partition coefficient (Wildman–Crippen LogP) is -1.04. The van der Waals surface area contributed by atoms with Gasteiger partial charge >= 0.3 is 0 Å². The molecule has 0 heterocycles. The summed E-state index contributed by atoms with van der Waals surface area (Å²) in [7, 11) is 0. The topological polar surface area (TPSA) is 72.3 Å². The second-order valence-electron chi connectivity index (χ2n) is 1.34. The highest BCUT2D eigenvalue weighted by Gasteiger charge is 2.06. The molecule has 0 bridgehead atoms. The van der Waals surface area contributed by atoms with Gasteiger partial charge in [-0.15, -0.1) is 0 Å². The van der Waals surface area contributed by atoms with Crippen LogP contribution in [-0.4, -0.2) is 11.0 Å². The largest absolute Gasteiger partial charge is 0.363 e. The fraction of sp³-hybridized carbons (Fsp3) is 1.00. The van der Waals surface area contributed by atoms with Gasteiger partial charge in [-0.25, -0.2) is 0 Å². The lowest BCUT2D eigenvalue weighted by atomic mass is 10.3. The molecule has 3 nitrogen and oxygen atoms in total. The summed E-state index contributed by atoms with van der Waals surface area (Å²) in [4.78, 5) is 0. The third kappa shape index (κ3) is 3.88. The van der Waals surface area contributed by atoms with Gasteiger partial charge in [0.25, 0.3) is 0 Å². The average molecular weight is 90.1 g/mol. The lowest BCUT2D eigenvalue weighted by Gasteiger charge is -2.11. The van der Waals surface area contributed by atoms with E-state index in [-0.39, 0.29) is 0 Å². The summed E-state index contributed by atoms with van der Waals surface area (Å²) in [5, 5.41) is 8.38. The van der Waals surface area contributed by atoms with Crippen LogP contribution in [0.15, 0.2) is 0 Å². The molecule has 0 aliphatic carbocycles. The van der Waals surface area contributed by atoms with Crippen molar-refractivity contribution in [1.29, 1.82) is 0 Å². The Labute approximate surface area is 36.9 Å². The Morgan fingerprint density at radius 1 is 1.67 bits per heavy atom. The molecule has 3 heteroatoms. The van der Waals surface area contributed by atoms with Crippen molar-refractivity contribution in [2.75, 3.05) is 0 Å². The first-order chi connectivity index (χ1) is 2.56. The summed E-state index contributed by atoms with van der Waals surface area (Å²) in [5.74, 6) is -1.46. The van der Waals surface area contributed by atoms with Crippen LogP contribution in [0.2, 0.25) is 0 Å². The fourth-order valence-corrected chi connectivity index (χ4v) is 0. The molecule has 0 amide bonds. The average Bonchev–Trinajstić information content (AvgIpc) is 1.35. The molecule has 0 aromatic heterocycles. The van der Waals surface area contributed by atoms with E-state index in [2.05, 4.69) is 0 Å². The lowest BCUT2D eigenvalue weighted by Crippen LogP contribution is -2.48. The highest BCUT2D eigenvalue weighted by molar-refractivity contribution is 4.53. The van der Waals surface area contributed by atoms with Gasteiger partial charge in [0.05, 0.1) is 0 Å². The van der Waals surface area contributed by atoms with Gasteiger partial charge in [-0.3, -0.25) is 11.5 Å². The van der Waals surface area contributed by atoms with E-state index in [0.717, 1.165) is 0 Å². The van der Waals surface area contributed by atoms with Crippen LogP contribution < -0.4 is 11.5 Å². The number of hydrogen-bond donors (Lipinski definition) is 3. The standard InChI is InChI=1S/C3H10N2O/c1-2-3(4,5)6/h6H,2,4-5H2,1H3. The second kappa shape index (κ2) is 1.55. The molecule has 0 spiro atoms. The molecule has 38 valence electrons. The molecule has 0 aliphatic rings. The van der Waals surface area contributed by atoms with Gasteiger partial charge in [-0.05, 0) is 0 Å². The van der Waals surface area contributed by atoms with E-state index in [0.29, 0.717) is 6.42 Å². The van der Waals surface area contributed by atoms with Gasteiger partial charge < -0.3 is 5.11 Å². The van der Waals surface area contributed by atoms with E-state index in [9.17, 15) is 0 Å². The van der Waals surface area contributed by atoms with Crippen LogP contribution in [0.1, 0.15) is 13.3 Å². The molecule has 0 aromatic carbocycles. The number of aliphatic hydroxyl groups is 1. The first-order valence-corrected chi connectivity index (χ1v) is 1.86. The van der Waals surface area contributed by atoms with E-state index in [1.165, 1.54) is 0 Å². The predicted molar refractivity (Wildman–Crippen MR) is 23.6 cm³/mol. The third-order valence-electron chi connectivity index (χ3n) is 0.566. The van der Waals surface area contributed by atoms with E-state index in [1.807, 2.05) is 0 Å². The molecule has 0 fully saturated rings. The maximum atomic E-state index is 8.38. The lowest BCUT2D eigenvalue weighted by molar-refractivity contribution is 0.0500. The molecule has 0 aromatic rings. The first kappa shape index (κ1) is 5.88. The van der Waals surface area contributed by atoms with E-state index in [1.54, 1.807) is 6.92 Å². The van der Waals surface area contributed by atoms with Crippen molar-refractivity contribution in [2.24, 2.45) is 11.5 Å². The maximum absolute atomic E-state index is 8.38. The molecular weight excluding hydrogens is 80.0 g/mol. The van der Waals surface area contributed by atoms with Crippen LogP contribution in [-0.2, 0) is 0 Å². The summed E-state index contributed by atoms with van der Waals surface area (Å²) < 4.78 is 0. The Bertz CT molecular complexity index is 38.5. The van der Waals surface area contributed by atoms with Crippen molar-refractivity contribution >= 4 is 0 Å². The fourth-order valence-electron chi connectivity index (χ4n) is 0. The van der Waals surface area contributed by atoms with Crippen molar-refractivity contribution in [3.8, 4) is 0 Å². The van der Waals surface area contributed by atoms with Crippen LogP contribution in [0.4, 0.5) is 0 Å². The SMILES string of the molecule is CCC(N)(N)O. The monoisotopic (exact) mass is 90.1 g/mol. The van der Waals surface area contributed by atoms with Crippen LogP contribution in [0.25, 0.3) is 0 Å². The summed E-state index contributed by atoms with van der Waals surface area (Å²) >= 11 is 0. The Morgan fingerprint density at radius 2 is 1.83 bits per heavy atom. The second-order valence-corrected chi connectivity index (χ2v) is 1.34. The Balaban J connectivity index is 3.17. The van der Waals surface area contributed by atoms with Crippen molar-refractivity contribution in [3.63, 3.8) is 0 Å². The molecule has 5 N–H and O–H groups in total. The number of rotatable bonds is 1. The molecule has 0 unspecified atom stereocenters. The van der Waals surface area contributed by atoms with Crippen LogP contribution in [0.5, 0.6) is 0 Å². The Hall–Kier alpha value is -0.120. The zero-order valence-electron chi connectivity index (χ0n) is 3.81. The molecule has 0 saturated carbocycles. The van der Waals surface area contributed by atoms with Gasteiger partial charge in [0.2, 0.25) is 0 Å². The summed E-state index contributed by atoms with van der Waals surface area (Å²) in [6.07, 6.45) is 0.382. The smallest absolute Gasteiger partial charge is 0.166 e. The zero-order chi connectivity index (χ0) is 5.21. The van der Waals surface area contributed by atoms with Crippen LogP contribution in [0, 0.1) is 0 Å². The zero-order valence-corrected chi connectivity index (χ0v) is 3.81. The first-order valence-electron chi connectivity index (χ1n) is 1.86. The minimum atomic E-state index is -1.46. The molecule has 0 rings (SSSR count). The van der Waals surface area contributed by atoms with E-state index >= 15 is 0 Å². The Morgan fingerprint density at radius 3 is 1.83 bits per heavy atom. The molecular formula is C3H10N2O. The minimum Gasteiger partial charge on any atom is -0.363 e. The number of hydrogen-bond acceptors (Lipinski definition) is 3. The van der Waals surface area contributed by atoms with Gasteiger partial charge in [0.15, 0.2) is 5.85 Å². The van der Waals surface area contributed by atoms with Gasteiger partial charge in [0.1, 0.15) is 0 Å². The molecule has 0 aliphatic heterocycles. The van der Waals surface area contributed by atoms with E-state index < -0.39 is 5.85 Å². The van der Waals surface area contributed by atoms with Crippen molar-refractivity contribution < 1.29 is 5.11 Å². The van der Waals surface area contributed by atoms with Crippen molar-refractivity contribution in [1.82, 2.24) is 0 Å². The number of nitrogens with two attached hydrogens (primary N) is 2. The molecule has 0 radical (unpaired) electrons. The normalized spacial score (nSPS) is 12.0. The summed E-state index contributed by atoms with van der Waals surface area (Å²) in [6, 6.07) is 0. The highest BCUT2D eigenvalue weighted by atomic mass is 16.3. The molecule has 0 saturated heterocycles. The van der Waals surface area contributed by atoms with E-state index in [4.69, 9.17) is 16.6 Å². The van der Waals surface area contributed by atoms with Crippen LogP contribution >= 0.6 is 0 Å². The van der Waals surface area contributed by atoms with Crippen molar-refractivity contribution in [2.45, 2.75) is 19.2 Å². The third-order valence-corrected chi connectivity index (χ3v) is 0.566. The Kier molecular flexibility index (Phi) is 1.52. The highest BCUT2D eigenvalue weighted by Crippen LogP contribution is 1.85. The van der Waals surface area contributed by atoms with Gasteiger partial charge in [-0.1, -0.05) is 6.92 Å². The maximum Gasteiger partial charge on any atom is 0.166 e. The summed E-state index contributed by atoms with van der Waals surface area (Å²) in [6.45, 7) is 1.71. The molecule has 0 atom stereocenters. The van der Waals surface area contributed by atoms with Crippen molar-refractivity contribution in [3.05, 3.63) is 0 Å². The minimum absolute atomic E-state index is 0.382.